The lowest BCUT2D eigenvalue weighted by Crippen LogP contribution is -2.53. The van der Waals surface area contributed by atoms with E-state index in [2.05, 4.69) is 15.3 Å². The summed E-state index contributed by atoms with van der Waals surface area (Å²) in [5, 5.41) is 12.0. The van der Waals surface area contributed by atoms with Crippen LogP contribution in [0, 0.1) is 25.5 Å². The number of ether oxygens (including phenoxy) is 2. The topological polar surface area (TPSA) is 114 Å². The van der Waals surface area contributed by atoms with Gasteiger partial charge in [0, 0.05) is 36.1 Å². The van der Waals surface area contributed by atoms with Crippen molar-refractivity contribution in [2.45, 2.75) is 51.7 Å². The maximum atomic E-state index is 15.0. The van der Waals surface area contributed by atoms with E-state index in [1.807, 2.05) is 13.8 Å². The maximum Gasteiger partial charge on any atom is 0.411 e. The highest BCUT2D eigenvalue weighted by Crippen LogP contribution is 2.34. The first kappa shape index (κ1) is 30.3. The van der Waals surface area contributed by atoms with Gasteiger partial charge in [0.15, 0.2) is 5.82 Å². The van der Waals surface area contributed by atoms with Crippen LogP contribution in [-0.4, -0.2) is 65.0 Å². The number of carboxylic acid groups (broad SMARTS) is 1. The smallest absolute Gasteiger partial charge is 0.411 e. The molecule has 1 saturated heterocycles. The molecule has 2 aliphatic heterocycles. The van der Waals surface area contributed by atoms with Crippen LogP contribution in [0.25, 0.3) is 11.4 Å². The zero-order chi connectivity index (χ0) is 31.1. The number of amides is 1. The first-order valence-electron chi connectivity index (χ1n) is 13.3. The van der Waals surface area contributed by atoms with Crippen molar-refractivity contribution in [3.8, 4) is 11.4 Å². The second-order valence-electron chi connectivity index (χ2n) is 10.4. The maximum absolute atomic E-state index is 15.0. The monoisotopic (exact) mass is 606 g/mol. The zero-order valence-electron chi connectivity index (χ0n) is 23.1. The Morgan fingerprint density at radius 1 is 1.12 bits per heavy atom. The van der Waals surface area contributed by atoms with Crippen LogP contribution in [-0.2, 0) is 33.9 Å². The van der Waals surface area contributed by atoms with Crippen LogP contribution >= 0.6 is 0 Å². The molecular formula is C29H27F5N4O5. The Kier molecular flexibility index (Phi) is 8.34. The third-order valence-corrected chi connectivity index (χ3v) is 7.61. The van der Waals surface area contributed by atoms with E-state index < -0.39 is 59.6 Å². The Balaban J connectivity index is 1.38. The highest BCUT2D eigenvalue weighted by atomic mass is 19.4. The normalized spacial score (nSPS) is 17.5. The van der Waals surface area contributed by atoms with E-state index in [0.717, 1.165) is 21.7 Å². The van der Waals surface area contributed by atoms with Crippen molar-refractivity contribution >= 4 is 17.6 Å². The Morgan fingerprint density at radius 3 is 2.47 bits per heavy atom. The molecular weight excluding hydrogens is 579 g/mol. The van der Waals surface area contributed by atoms with Gasteiger partial charge in [-0.05, 0) is 48.2 Å². The number of aromatic nitrogens is 2. The summed E-state index contributed by atoms with van der Waals surface area (Å²) in [4.78, 5) is 34.7. The molecule has 2 aliphatic rings. The number of nitrogens with zero attached hydrogens (tertiary/aromatic N) is 3. The highest BCUT2D eigenvalue weighted by molar-refractivity contribution is 5.97. The van der Waals surface area contributed by atoms with Crippen molar-refractivity contribution in [3.63, 3.8) is 0 Å². The van der Waals surface area contributed by atoms with Gasteiger partial charge in [0.2, 0.25) is 0 Å². The van der Waals surface area contributed by atoms with Gasteiger partial charge in [-0.1, -0.05) is 12.1 Å². The van der Waals surface area contributed by atoms with Gasteiger partial charge in [-0.25, -0.2) is 23.5 Å². The Hall–Kier alpha value is -4.17. The number of rotatable bonds is 7. The molecule has 0 radical (unpaired) electrons. The van der Waals surface area contributed by atoms with Gasteiger partial charge in [0.1, 0.15) is 29.3 Å². The van der Waals surface area contributed by atoms with Crippen LogP contribution in [0.2, 0.25) is 0 Å². The van der Waals surface area contributed by atoms with Crippen molar-refractivity contribution in [2.24, 2.45) is 0 Å². The molecule has 2 aromatic carbocycles. The largest absolute Gasteiger partial charge is 0.480 e. The number of halogens is 5. The Labute approximate surface area is 242 Å². The summed E-state index contributed by atoms with van der Waals surface area (Å²) >= 11 is 0. The number of carbonyl (C=O) groups is 2. The van der Waals surface area contributed by atoms with E-state index in [-0.39, 0.29) is 32.8 Å². The number of fused-ring (bicyclic) bond motifs is 1. The van der Waals surface area contributed by atoms with Gasteiger partial charge in [-0.15, -0.1) is 0 Å². The zero-order valence-corrected chi connectivity index (χ0v) is 23.1. The number of carboxylic acids is 1. The van der Waals surface area contributed by atoms with Gasteiger partial charge < -0.3 is 24.8 Å². The number of aliphatic carboxylic acids is 1. The van der Waals surface area contributed by atoms with Gasteiger partial charge in [0.25, 0.3) is 5.91 Å². The number of anilines is 1. The van der Waals surface area contributed by atoms with Gasteiger partial charge in [-0.3, -0.25) is 4.79 Å². The number of benzene rings is 2. The van der Waals surface area contributed by atoms with Gasteiger partial charge >= 0.3 is 12.1 Å². The summed E-state index contributed by atoms with van der Waals surface area (Å²) in [6, 6.07) is 0.915. The summed E-state index contributed by atoms with van der Waals surface area (Å²) in [5.74, 6) is -5.21. The SMILES string of the molecule is Cc1cnc(-c2ccc(C[C@H](NC(=O)c3c(F)cc(N4CCOC[C@@H]4C(F)(F)F)cc3F)C(=O)O)c3c2COC3)nc1C. The average molecular weight is 607 g/mol. The molecule has 3 aromatic rings. The van der Waals surface area contributed by atoms with E-state index >= 15 is 8.78 Å². The van der Waals surface area contributed by atoms with Crippen LogP contribution < -0.4 is 10.2 Å². The van der Waals surface area contributed by atoms with Crippen molar-refractivity contribution in [1.82, 2.24) is 15.3 Å². The van der Waals surface area contributed by atoms with Crippen LogP contribution in [0.4, 0.5) is 27.6 Å². The fourth-order valence-electron chi connectivity index (χ4n) is 5.18. The minimum absolute atomic E-state index is 0.0915. The predicted octanol–water partition coefficient (Wildman–Crippen LogP) is 4.26. The molecule has 1 fully saturated rings. The first-order chi connectivity index (χ1) is 20.3. The molecule has 0 saturated carbocycles. The van der Waals surface area contributed by atoms with Crippen molar-refractivity contribution < 1.29 is 46.1 Å². The average Bonchev–Trinajstić information content (AvgIpc) is 3.44. The molecule has 0 aliphatic carbocycles. The molecule has 1 amide bonds. The molecule has 228 valence electrons. The number of nitrogens with one attached hydrogen (secondary N) is 1. The second-order valence-corrected chi connectivity index (χ2v) is 10.4. The Bertz CT molecular complexity index is 1560. The molecule has 9 nitrogen and oxygen atoms in total. The van der Waals surface area contributed by atoms with Crippen LogP contribution in [0.5, 0.6) is 0 Å². The molecule has 2 N–H and O–H groups in total. The Morgan fingerprint density at radius 2 is 1.81 bits per heavy atom. The summed E-state index contributed by atoms with van der Waals surface area (Å²) in [6.45, 7) is 3.06. The number of carbonyl (C=O) groups excluding carboxylic acids is 1. The molecule has 1 aromatic heterocycles. The minimum Gasteiger partial charge on any atom is -0.480 e. The number of morpholine rings is 1. The number of alkyl halides is 3. The van der Waals surface area contributed by atoms with Gasteiger partial charge in [-0.2, -0.15) is 13.2 Å². The number of aryl methyl sites for hydroxylation is 2. The van der Waals surface area contributed by atoms with E-state index in [0.29, 0.717) is 34.6 Å². The second kappa shape index (κ2) is 11.8. The van der Waals surface area contributed by atoms with E-state index in [4.69, 9.17) is 9.47 Å². The first-order valence-corrected chi connectivity index (χ1v) is 13.3. The molecule has 0 bridgehead atoms. The fraction of sp³-hybridized carbons (Fsp3) is 0.379. The molecule has 43 heavy (non-hydrogen) atoms. The third kappa shape index (κ3) is 6.15. The molecule has 3 heterocycles. The summed E-state index contributed by atoms with van der Waals surface area (Å²) in [5.41, 5.74) is 2.91. The summed E-state index contributed by atoms with van der Waals surface area (Å²) < 4.78 is 81.0. The van der Waals surface area contributed by atoms with Crippen molar-refractivity contribution in [2.75, 3.05) is 24.7 Å². The van der Waals surface area contributed by atoms with Gasteiger partial charge in [0.05, 0.1) is 26.4 Å². The number of hydrogen-bond acceptors (Lipinski definition) is 7. The standard InChI is InChI=1S/C29H27F5N4O5/c1-14-10-35-26(36-15(14)2)18-4-3-16(19-11-43-12-20(18)19)7-23(28(40)41)37-27(39)25-21(30)8-17(9-22(25)31)38-5-6-42-13-24(38)29(32,33)34/h3-4,8-10,23-24H,5-7,11-13H2,1-2H3,(H,37,39)(H,40,41)/t23-,24+/m0/s1. The summed E-state index contributed by atoms with van der Waals surface area (Å²) in [7, 11) is 0. The third-order valence-electron chi connectivity index (χ3n) is 7.61. The van der Waals surface area contributed by atoms with Crippen LogP contribution in [0.3, 0.4) is 0 Å². The quantitative estimate of drug-likeness (QED) is 0.384. The lowest BCUT2D eigenvalue weighted by Gasteiger charge is -2.38. The molecule has 0 unspecified atom stereocenters. The number of hydrogen-bond donors (Lipinski definition) is 2. The van der Waals surface area contributed by atoms with E-state index in [1.54, 1.807) is 18.3 Å². The molecule has 2 atom stereocenters. The van der Waals surface area contributed by atoms with Crippen molar-refractivity contribution in [3.05, 3.63) is 75.6 Å². The highest BCUT2D eigenvalue weighted by Gasteiger charge is 2.46. The fourth-order valence-corrected chi connectivity index (χ4v) is 5.18. The molecule has 0 spiro atoms. The van der Waals surface area contributed by atoms with Crippen molar-refractivity contribution in [1.29, 1.82) is 0 Å². The molecule has 14 heteroatoms. The van der Waals surface area contributed by atoms with E-state index in [9.17, 15) is 27.9 Å². The van der Waals surface area contributed by atoms with Crippen LogP contribution in [0.15, 0.2) is 30.5 Å². The predicted molar refractivity (Wildman–Crippen MR) is 142 cm³/mol. The minimum atomic E-state index is -4.73. The molecule has 5 rings (SSSR count). The van der Waals surface area contributed by atoms with E-state index in [1.165, 1.54) is 0 Å². The summed E-state index contributed by atoms with van der Waals surface area (Å²) in [6.07, 6.45) is -3.26. The van der Waals surface area contributed by atoms with Crippen LogP contribution in [0.1, 0.15) is 38.3 Å². The lowest BCUT2D eigenvalue weighted by molar-refractivity contribution is -0.167. The lowest BCUT2D eigenvalue weighted by atomic mass is 9.93.